The van der Waals surface area contributed by atoms with Gasteiger partial charge in [-0.2, -0.15) is 0 Å². The van der Waals surface area contributed by atoms with Crippen molar-refractivity contribution in [1.82, 2.24) is 0 Å². The molecular formula is C19H17N3O7. The summed E-state index contributed by atoms with van der Waals surface area (Å²) in [6, 6.07) is 9.78. The summed E-state index contributed by atoms with van der Waals surface area (Å²) in [4.78, 5) is 48.5. The van der Waals surface area contributed by atoms with Crippen LogP contribution in [0.15, 0.2) is 42.5 Å². The second-order valence-corrected chi connectivity index (χ2v) is 6.48. The van der Waals surface area contributed by atoms with Gasteiger partial charge in [-0.15, -0.1) is 0 Å². The molecule has 2 aromatic rings. The zero-order chi connectivity index (χ0) is 21.3. The van der Waals surface area contributed by atoms with E-state index in [1.165, 1.54) is 31.4 Å². The molecule has 2 amide bonds. The number of nitrogens with zero attached hydrogens (tertiary/aromatic N) is 2. The van der Waals surface area contributed by atoms with Crippen LogP contribution in [0.25, 0.3) is 0 Å². The number of primary amides is 1. The van der Waals surface area contributed by atoms with Gasteiger partial charge in [0.1, 0.15) is 6.54 Å². The van der Waals surface area contributed by atoms with Gasteiger partial charge in [0.05, 0.1) is 24.1 Å². The van der Waals surface area contributed by atoms with E-state index in [0.29, 0.717) is 0 Å². The highest BCUT2D eigenvalue weighted by Crippen LogP contribution is 2.43. The first-order chi connectivity index (χ1) is 13.7. The van der Waals surface area contributed by atoms with Crippen LogP contribution in [0.5, 0.6) is 5.75 Å². The van der Waals surface area contributed by atoms with E-state index >= 15 is 0 Å². The lowest BCUT2D eigenvalue weighted by molar-refractivity contribution is -0.385. The molecular weight excluding hydrogens is 382 g/mol. The highest BCUT2D eigenvalue weighted by atomic mass is 16.6. The molecule has 1 aliphatic heterocycles. The third kappa shape index (κ3) is 3.41. The number of nitro groups is 1. The summed E-state index contributed by atoms with van der Waals surface area (Å²) in [5.74, 6) is -2.37. The van der Waals surface area contributed by atoms with E-state index in [1.54, 1.807) is 12.1 Å². The molecule has 10 heteroatoms. The number of para-hydroxylation sites is 1. The smallest absolute Gasteiger partial charge is 0.311 e. The molecule has 3 rings (SSSR count). The summed E-state index contributed by atoms with van der Waals surface area (Å²) in [6.07, 6.45) is -0.665. The maximum atomic E-state index is 12.8. The van der Waals surface area contributed by atoms with Gasteiger partial charge >= 0.3 is 5.69 Å². The Labute approximate surface area is 164 Å². The average Bonchev–Trinajstić information content (AvgIpc) is 2.89. The summed E-state index contributed by atoms with van der Waals surface area (Å²) in [7, 11) is 1.26. The summed E-state index contributed by atoms with van der Waals surface area (Å²) >= 11 is 0. The average molecular weight is 399 g/mol. The number of benzene rings is 2. The number of nitrogens with two attached hydrogens (primary N) is 1. The third-order valence-electron chi connectivity index (χ3n) is 4.67. The van der Waals surface area contributed by atoms with E-state index in [-0.39, 0.29) is 22.6 Å². The number of rotatable bonds is 7. The maximum Gasteiger partial charge on any atom is 0.311 e. The van der Waals surface area contributed by atoms with Gasteiger partial charge in [0.2, 0.25) is 5.91 Å². The van der Waals surface area contributed by atoms with Crippen molar-refractivity contribution in [1.29, 1.82) is 0 Å². The number of anilines is 1. The van der Waals surface area contributed by atoms with Crippen molar-refractivity contribution in [3.8, 4) is 5.75 Å². The lowest BCUT2D eigenvalue weighted by Crippen LogP contribution is -2.44. The van der Waals surface area contributed by atoms with E-state index < -0.39 is 46.8 Å². The molecule has 1 atom stereocenters. The molecule has 0 aliphatic carbocycles. The van der Waals surface area contributed by atoms with Gasteiger partial charge in [-0.1, -0.05) is 18.2 Å². The predicted octanol–water partition coefficient (Wildman–Crippen LogP) is 0.896. The Kier molecular flexibility index (Phi) is 5.04. The number of hydrogen-bond acceptors (Lipinski definition) is 7. The topological polar surface area (TPSA) is 153 Å². The van der Waals surface area contributed by atoms with E-state index in [4.69, 9.17) is 10.5 Å². The third-order valence-corrected chi connectivity index (χ3v) is 4.67. The summed E-state index contributed by atoms with van der Waals surface area (Å²) in [5.41, 5.74) is 2.91. The van der Waals surface area contributed by atoms with Crippen LogP contribution in [0.2, 0.25) is 0 Å². The molecule has 10 nitrogen and oxygen atoms in total. The number of carbonyl (C=O) groups is 3. The molecule has 0 unspecified atom stereocenters. The first kappa shape index (κ1) is 20.0. The highest BCUT2D eigenvalue weighted by molar-refractivity contribution is 6.12. The molecule has 3 N–H and O–H groups in total. The quantitative estimate of drug-likeness (QED) is 0.398. The van der Waals surface area contributed by atoms with Crippen LogP contribution >= 0.6 is 0 Å². The molecule has 1 aliphatic rings. The second kappa shape index (κ2) is 7.32. The molecule has 0 bridgehead atoms. The minimum atomic E-state index is -2.22. The fourth-order valence-corrected chi connectivity index (χ4v) is 3.33. The number of nitro benzene ring substituents is 1. The Morgan fingerprint density at radius 1 is 1.28 bits per heavy atom. The number of carbonyl (C=O) groups excluding carboxylic acids is 3. The summed E-state index contributed by atoms with van der Waals surface area (Å²) < 4.78 is 4.90. The number of aliphatic hydroxyl groups is 1. The number of hydrogen-bond donors (Lipinski definition) is 2. The number of methoxy groups -OCH3 is 1. The molecule has 0 fully saturated rings. The lowest BCUT2D eigenvalue weighted by Gasteiger charge is -2.22. The van der Waals surface area contributed by atoms with E-state index in [9.17, 15) is 29.6 Å². The van der Waals surface area contributed by atoms with Crippen molar-refractivity contribution >= 4 is 29.0 Å². The zero-order valence-electron chi connectivity index (χ0n) is 15.3. The van der Waals surface area contributed by atoms with Crippen molar-refractivity contribution in [3.05, 3.63) is 63.7 Å². The first-order valence-electron chi connectivity index (χ1n) is 8.47. The van der Waals surface area contributed by atoms with Gasteiger partial charge in [-0.3, -0.25) is 29.4 Å². The van der Waals surface area contributed by atoms with E-state index in [0.717, 1.165) is 11.0 Å². The molecule has 0 saturated carbocycles. The fraction of sp³-hybridized carbons (Fsp3) is 0.211. The standard InChI is InChI=1S/C19H17N3O7/c1-29-16-7-6-11(8-14(16)22(27)28)15(23)9-19(26)12-4-2-3-5-13(12)21(18(19)25)10-17(20)24/h2-8,26H,9-10H2,1H3,(H2,20,24)/t19-/m0/s1. The number of Topliss-reactive ketones (excluding diaryl/α,β-unsaturated/α-hetero) is 1. The van der Waals surface area contributed by atoms with Gasteiger partial charge in [-0.05, 0) is 18.2 Å². The molecule has 1 heterocycles. The Morgan fingerprint density at radius 2 is 1.97 bits per heavy atom. The molecule has 150 valence electrons. The Bertz CT molecular complexity index is 1040. The first-order valence-corrected chi connectivity index (χ1v) is 8.47. The van der Waals surface area contributed by atoms with Crippen LogP contribution in [0.1, 0.15) is 22.3 Å². The lowest BCUT2D eigenvalue weighted by atomic mass is 9.88. The molecule has 0 radical (unpaired) electrons. The molecule has 0 saturated heterocycles. The maximum absolute atomic E-state index is 12.8. The van der Waals surface area contributed by atoms with Crippen molar-refractivity contribution in [2.24, 2.45) is 5.73 Å². The molecule has 0 aromatic heterocycles. The monoisotopic (exact) mass is 399 g/mol. The van der Waals surface area contributed by atoms with E-state index in [1.807, 2.05) is 0 Å². The van der Waals surface area contributed by atoms with E-state index in [2.05, 4.69) is 0 Å². The molecule has 29 heavy (non-hydrogen) atoms. The normalized spacial score (nSPS) is 17.7. The SMILES string of the molecule is COc1ccc(C(=O)C[C@@]2(O)C(=O)N(CC(N)=O)c3ccccc32)cc1[N+](=O)[O-]. The van der Waals surface area contributed by atoms with Gasteiger partial charge in [0.25, 0.3) is 5.91 Å². The minimum absolute atomic E-state index is 0.0276. The Balaban J connectivity index is 1.98. The van der Waals surface area contributed by atoms with Crippen LogP contribution in [0.3, 0.4) is 0 Å². The van der Waals surface area contributed by atoms with Crippen molar-refractivity contribution < 1.29 is 29.2 Å². The zero-order valence-corrected chi connectivity index (χ0v) is 15.3. The van der Waals surface area contributed by atoms with Crippen LogP contribution in [-0.4, -0.2) is 41.3 Å². The van der Waals surface area contributed by atoms with Gasteiger partial charge in [-0.25, -0.2) is 0 Å². The minimum Gasteiger partial charge on any atom is -0.490 e. The fourth-order valence-electron chi connectivity index (χ4n) is 3.33. The summed E-state index contributed by atoms with van der Waals surface area (Å²) in [5, 5.41) is 22.3. The van der Waals surface area contributed by atoms with Crippen LogP contribution in [-0.2, 0) is 15.2 Å². The summed E-state index contributed by atoms with van der Waals surface area (Å²) in [6.45, 7) is -0.458. The number of ether oxygens (including phenoxy) is 1. The highest BCUT2D eigenvalue weighted by Gasteiger charge is 2.51. The largest absolute Gasteiger partial charge is 0.490 e. The number of amides is 2. The van der Waals surface area contributed by atoms with Crippen LogP contribution in [0.4, 0.5) is 11.4 Å². The van der Waals surface area contributed by atoms with Gasteiger partial charge in [0.15, 0.2) is 17.1 Å². The van der Waals surface area contributed by atoms with Crippen molar-refractivity contribution in [3.63, 3.8) is 0 Å². The van der Waals surface area contributed by atoms with Gasteiger partial charge in [0, 0.05) is 17.2 Å². The van der Waals surface area contributed by atoms with Crippen molar-refractivity contribution in [2.75, 3.05) is 18.6 Å². The molecule has 0 spiro atoms. The number of ketones is 1. The van der Waals surface area contributed by atoms with Gasteiger partial charge < -0.3 is 15.6 Å². The van der Waals surface area contributed by atoms with Crippen molar-refractivity contribution in [2.45, 2.75) is 12.0 Å². The Hall–Kier alpha value is -3.79. The Morgan fingerprint density at radius 3 is 2.59 bits per heavy atom. The predicted molar refractivity (Wildman–Crippen MR) is 100 cm³/mol. The van der Waals surface area contributed by atoms with Crippen LogP contribution in [0, 0.1) is 10.1 Å². The van der Waals surface area contributed by atoms with Crippen LogP contribution < -0.4 is 15.4 Å². The molecule has 2 aromatic carbocycles. The number of fused-ring (bicyclic) bond motifs is 1. The second-order valence-electron chi connectivity index (χ2n) is 6.48.